The third-order valence-corrected chi connectivity index (χ3v) is 3.16. The van der Waals surface area contributed by atoms with E-state index in [-0.39, 0.29) is 11.9 Å². The SMILES string of the molecule is C[C@@H](NC(=O)c1cc2ccccc2[nH]1)c1nnnn1C. The number of aromatic amines is 1. The Morgan fingerprint density at radius 1 is 1.40 bits per heavy atom. The van der Waals surface area contributed by atoms with Gasteiger partial charge < -0.3 is 10.3 Å². The van der Waals surface area contributed by atoms with E-state index in [0.717, 1.165) is 10.9 Å². The second-order valence-electron chi connectivity index (χ2n) is 4.63. The molecule has 0 fully saturated rings. The van der Waals surface area contributed by atoms with Gasteiger partial charge in [0.15, 0.2) is 5.82 Å². The fourth-order valence-corrected chi connectivity index (χ4v) is 2.14. The highest BCUT2D eigenvalue weighted by molar-refractivity contribution is 5.98. The molecule has 0 aliphatic rings. The average Bonchev–Trinajstić information content (AvgIpc) is 3.04. The van der Waals surface area contributed by atoms with Crippen molar-refractivity contribution in [3.63, 3.8) is 0 Å². The summed E-state index contributed by atoms with van der Waals surface area (Å²) in [6.45, 7) is 1.84. The second kappa shape index (κ2) is 4.76. The lowest BCUT2D eigenvalue weighted by atomic mass is 10.2. The number of nitrogens with one attached hydrogen (secondary N) is 2. The van der Waals surface area contributed by atoms with Crippen LogP contribution in [-0.4, -0.2) is 31.1 Å². The number of aryl methyl sites for hydroxylation is 1. The molecule has 3 rings (SSSR count). The molecule has 7 nitrogen and oxygen atoms in total. The Labute approximate surface area is 115 Å². The highest BCUT2D eigenvalue weighted by atomic mass is 16.2. The third-order valence-electron chi connectivity index (χ3n) is 3.16. The molecular weight excluding hydrogens is 256 g/mol. The molecule has 7 heteroatoms. The minimum absolute atomic E-state index is 0.184. The largest absolute Gasteiger partial charge is 0.351 e. The van der Waals surface area contributed by atoms with E-state index in [0.29, 0.717) is 11.5 Å². The molecule has 0 aliphatic heterocycles. The van der Waals surface area contributed by atoms with Crippen molar-refractivity contribution in [1.82, 2.24) is 30.5 Å². The molecule has 0 saturated heterocycles. The number of rotatable bonds is 3. The smallest absolute Gasteiger partial charge is 0.268 e. The Balaban J connectivity index is 1.81. The highest BCUT2D eigenvalue weighted by Gasteiger charge is 2.17. The molecule has 2 heterocycles. The van der Waals surface area contributed by atoms with E-state index in [1.54, 1.807) is 7.05 Å². The van der Waals surface area contributed by atoms with Crippen LogP contribution in [-0.2, 0) is 7.05 Å². The summed E-state index contributed by atoms with van der Waals surface area (Å²) in [7, 11) is 1.74. The Kier molecular flexibility index (Phi) is 2.94. The lowest BCUT2D eigenvalue weighted by molar-refractivity contribution is 0.0933. The van der Waals surface area contributed by atoms with Crippen LogP contribution in [0.3, 0.4) is 0 Å². The van der Waals surface area contributed by atoms with Crippen molar-refractivity contribution in [3.05, 3.63) is 41.9 Å². The third kappa shape index (κ3) is 2.13. The van der Waals surface area contributed by atoms with Gasteiger partial charge >= 0.3 is 0 Å². The first-order chi connectivity index (χ1) is 9.65. The number of nitrogens with zero attached hydrogens (tertiary/aromatic N) is 4. The average molecular weight is 270 g/mol. The van der Waals surface area contributed by atoms with Gasteiger partial charge in [-0.25, -0.2) is 4.68 Å². The van der Waals surface area contributed by atoms with Gasteiger partial charge in [-0.15, -0.1) is 5.10 Å². The van der Waals surface area contributed by atoms with Gasteiger partial charge in [0.2, 0.25) is 0 Å². The molecule has 2 aromatic heterocycles. The first kappa shape index (κ1) is 12.3. The van der Waals surface area contributed by atoms with Crippen LogP contribution in [0.4, 0.5) is 0 Å². The van der Waals surface area contributed by atoms with Gasteiger partial charge in [0.1, 0.15) is 5.69 Å². The quantitative estimate of drug-likeness (QED) is 0.748. The maximum Gasteiger partial charge on any atom is 0.268 e. The van der Waals surface area contributed by atoms with Gasteiger partial charge in [0.25, 0.3) is 5.91 Å². The van der Waals surface area contributed by atoms with Gasteiger partial charge in [-0.1, -0.05) is 18.2 Å². The van der Waals surface area contributed by atoms with Crippen molar-refractivity contribution in [1.29, 1.82) is 0 Å². The van der Waals surface area contributed by atoms with Crippen LogP contribution in [0.1, 0.15) is 29.3 Å². The summed E-state index contributed by atoms with van der Waals surface area (Å²) in [5.41, 5.74) is 1.46. The van der Waals surface area contributed by atoms with E-state index in [1.165, 1.54) is 4.68 Å². The lowest BCUT2D eigenvalue weighted by Crippen LogP contribution is -2.28. The van der Waals surface area contributed by atoms with Crippen LogP contribution in [0.15, 0.2) is 30.3 Å². The Hall–Kier alpha value is -2.70. The zero-order chi connectivity index (χ0) is 14.1. The number of aromatic nitrogens is 5. The number of benzene rings is 1. The zero-order valence-corrected chi connectivity index (χ0v) is 11.2. The van der Waals surface area contributed by atoms with Crippen molar-refractivity contribution < 1.29 is 4.79 Å². The number of carbonyl (C=O) groups is 1. The number of tetrazole rings is 1. The summed E-state index contributed by atoms with van der Waals surface area (Å²) in [4.78, 5) is 15.3. The predicted octanol–water partition coefficient (Wildman–Crippen LogP) is 1.18. The first-order valence-corrected chi connectivity index (χ1v) is 6.26. The molecule has 0 saturated carbocycles. The Morgan fingerprint density at radius 3 is 2.90 bits per heavy atom. The normalized spacial score (nSPS) is 12.5. The van der Waals surface area contributed by atoms with E-state index < -0.39 is 0 Å². The van der Waals surface area contributed by atoms with E-state index in [1.807, 2.05) is 37.3 Å². The van der Waals surface area contributed by atoms with Gasteiger partial charge in [0, 0.05) is 18.0 Å². The van der Waals surface area contributed by atoms with Crippen LogP contribution in [0, 0.1) is 0 Å². The predicted molar refractivity (Wildman–Crippen MR) is 73.0 cm³/mol. The van der Waals surface area contributed by atoms with Crippen molar-refractivity contribution in [3.8, 4) is 0 Å². The molecule has 0 bridgehead atoms. The van der Waals surface area contributed by atoms with Crippen molar-refractivity contribution in [2.75, 3.05) is 0 Å². The van der Waals surface area contributed by atoms with Gasteiger partial charge in [-0.05, 0) is 29.5 Å². The summed E-state index contributed by atoms with van der Waals surface area (Å²) in [6, 6.07) is 9.31. The summed E-state index contributed by atoms with van der Waals surface area (Å²) in [5, 5.41) is 15.1. The molecule has 3 aromatic rings. The van der Waals surface area contributed by atoms with Crippen molar-refractivity contribution in [2.45, 2.75) is 13.0 Å². The maximum atomic E-state index is 12.2. The molecule has 20 heavy (non-hydrogen) atoms. The zero-order valence-electron chi connectivity index (χ0n) is 11.2. The topological polar surface area (TPSA) is 88.5 Å². The fourth-order valence-electron chi connectivity index (χ4n) is 2.14. The monoisotopic (exact) mass is 270 g/mol. The Bertz CT molecular complexity index is 726. The summed E-state index contributed by atoms with van der Waals surface area (Å²) >= 11 is 0. The second-order valence-corrected chi connectivity index (χ2v) is 4.63. The van der Waals surface area contributed by atoms with Crippen LogP contribution in [0.5, 0.6) is 0 Å². The van der Waals surface area contributed by atoms with E-state index >= 15 is 0 Å². The summed E-state index contributed by atoms with van der Waals surface area (Å²) in [6.07, 6.45) is 0. The molecule has 102 valence electrons. The molecule has 0 spiro atoms. The molecular formula is C13H14N6O. The number of amides is 1. The minimum atomic E-state index is -0.270. The summed E-state index contributed by atoms with van der Waals surface area (Å²) in [5.74, 6) is 0.422. The Morgan fingerprint density at radius 2 is 2.20 bits per heavy atom. The number of H-pyrrole nitrogens is 1. The van der Waals surface area contributed by atoms with Gasteiger partial charge in [-0.2, -0.15) is 0 Å². The number of para-hydroxylation sites is 1. The number of hydrogen-bond donors (Lipinski definition) is 2. The van der Waals surface area contributed by atoms with Gasteiger partial charge in [0.05, 0.1) is 6.04 Å². The standard InChI is InChI=1S/C13H14N6O/c1-8(12-16-17-18-19(12)2)14-13(20)11-7-9-5-3-4-6-10(9)15-11/h3-8,15H,1-2H3,(H,14,20)/t8-/m1/s1. The summed E-state index contributed by atoms with van der Waals surface area (Å²) < 4.78 is 1.54. The number of hydrogen-bond acceptors (Lipinski definition) is 4. The van der Waals surface area contributed by atoms with E-state index in [9.17, 15) is 4.79 Å². The molecule has 1 atom stereocenters. The number of fused-ring (bicyclic) bond motifs is 1. The van der Waals surface area contributed by atoms with Crippen LogP contribution < -0.4 is 5.32 Å². The molecule has 0 radical (unpaired) electrons. The minimum Gasteiger partial charge on any atom is -0.351 e. The van der Waals surface area contributed by atoms with E-state index in [2.05, 4.69) is 25.8 Å². The van der Waals surface area contributed by atoms with Crippen LogP contribution >= 0.6 is 0 Å². The molecule has 0 unspecified atom stereocenters. The van der Waals surface area contributed by atoms with Crippen LogP contribution in [0.25, 0.3) is 10.9 Å². The molecule has 1 aromatic carbocycles. The molecule has 2 N–H and O–H groups in total. The van der Waals surface area contributed by atoms with Crippen LogP contribution in [0.2, 0.25) is 0 Å². The first-order valence-electron chi connectivity index (χ1n) is 6.26. The molecule has 0 aliphatic carbocycles. The fraction of sp³-hybridized carbons (Fsp3) is 0.231. The molecule has 1 amide bonds. The lowest BCUT2D eigenvalue weighted by Gasteiger charge is -2.11. The van der Waals surface area contributed by atoms with E-state index in [4.69, 9.17) is 0 Å². The van der Waals surface area contributed by atoms with Crippen molar-refractivity contribution >= 4 is 16.8 Å². The van der Waals surface area contributed by atoms with Crippen molar-refractivity contribution in [2.24, 2.45) is 7.05 Å². The highest BCUT2D eigenvalue weighted by Crippen LogP contribution is 2.15. The number of carbonyl (C=O) groups excluding carboxylic acids is 1. The maximum absolute atomic E-state index is 12.2. The van der Waals surface area contributed by atoms with Gasteiger partial charge in [-0.3, -0.25) is 4.79 Å².